The van der Waals surface area contributed by atoms with Crippen molar-refractivity contribution in [3.05, 3.63) is 72.0 Å². The highest BCUT2D eigenvalue weighted by Gasteiger charge is 2.06. The van der Waals surface area contributed by atoms with Crippen molar-refractivity contribution in [1.82, 2.24) is 0 Å². The van der Waals surface area contributed by atoms with Crippen LogP contribution in [-0.4, -0.2) is 5.11 Å². The molecule has 0 bridgehead atoms. The molecule has 20 heavy (non-hydrogen) atoms. The smallest absolute Gasteiger partial charge is 0.174 e. The number of fused-ring (bicyclic) bond motifs is 1. The Labute approximate surface area is 116 Å². The molecule has 3 aromatic carbocycles. The minimum atomic E-state index is -0.618. The molecule has 0 saturated heterocycles. The maximum Gasteiger partial charge on any atom is 0.174 e. The monoisotopic (exact) mass is 267 g/mol. The molecule has 0 atom stereocenters. The van der Waals surface area contributed by atoms with Gasteiger partial charge in [-0.15, -0.1) is 0 Å². The molecule has 3 rings (SSSR count). The summed E-state index contributed by atoms with van der Waals surface area (Å²) in [4.78, 5) is 0. The fourth-order valence-corrected chi connectivity index (χ4v) is 2.30. The van der Waals surface area contributed by atoms with E-state index in [4.69, 9.17) is 0 Å². The van der Waals surface area contributed by atoms with E-state index < -0.39 is 5.82 Å². The normalized spacial score (nSPS) is 10.7. The van der Waals surface area contributed by atoms with Crippen molar-refractivity contribution >= 4 is 16.5 Å². The van der Waals surface area contributed by atoms with Gasteiger partial charge in [-0.25, -0.2) is 4.39 Å². The highest BCUT2D eigenvalue weighted by molar-refractivity contribution is 5.85. The number of halogens is 1. The van der Waals surface area contributed by atoms with Crippen LogP contribution in [0.15, 0.2) is 60.7 Å². The number of aromatic hydroxyl groups is 1. The van der Waals surface area contributed by atoms with Crippen molar-refractivity contribution in [2.24, 2.45) is 0 Å². The zero-order valence-corrected chi connectivity index (χ0v) is 10.8. The minimum Gasteiger partial charge on any atom is -0.503 e. The van der Waals surface area contributed by atoms with E-state index in [1.165, 1.54) is 6.07 Å². The Morgan fingerprint density at radius 2 is 1.65 bits per heavy atom. The second-order valence-corrected chi connectivity index (χ2v) is 4.63. The van der Waals surface area contributed by atoms with E-state index >= 15 is 0 Å². The summed E-state index contributed by atoms with van der Waals surface area (Å²) in [6.07, 6.45) is 0. The van der Waals surface area contributed by atoms with Gasteiger partial charge in [-0.05, 0) is 28.5 Å². The second-order valence-electron chi connectivity index (χ2n) is 4.63. The third-order valence-electron chi connectivity index (χ3n) is 3.34. The topological polar surface area (TPSA) is 32.3 Å². The number of para-hydroxylation sites is 1. The summed E-state index contributed by atoms with van der Waals surface area (Å²) in [6, 6.07) is 18.6. The van der Waals surface area contributed by atoms with E-state index in [1.54, 1.807) is 12.1 Å². The predicted octanol–water partition coefficient (Wildman–Crippen LogP) is 4.30. The Balaban J connectivity index is 1.89. The van der Waals surface area contributed by atoms with Gasteiger partial charge < -0.3 is 10.4 Å². The first-order valence-electron chi connectivity index (χ1n) is 6.44. The average molecular weight is 267 g/mol. The average Bonchev–Trinajstić information content (AvgIpc) is 2.49. The van der Waals surface area contributed by atoms with Gasteiger partial charge in [0, 0.05) is 6.54 Å². The Morgan fingerprint density at radius 1 is 0.900 bits per heavy atom. The summed E-state index contributed by atoms with van der Waals surface area (Å²) < 4.78 is 13.3. The fourth-order valence-electron chi connectivity index (χ4n) is 2.30. The van der Waals surface area contributed by atoms with Gasteiger partial charge in [-0.1, -0.05) is 48.5 Å². The third-order valence-corrected chi connectivity index (χ3v) is 3.34. The molecule has 0 radical (unpaired) electrons. The van der Waals surface area contributed by atoms with Gasteiger partial charge in [-0.3, -0.25) is 0 Å². The van der Waals surface area contributed by atoms with Crippen LogP contribution in [0.4, 0.5) is 10.1 Å². The van der Waals surface area contributed by atoms with Crippen molar-refractivity contribution in [2.75, 3.05) is 5.32 Å². The van der Waals surface area contributed by atoms with Gasteiger partial charge in [0.05, 0.1) is 5.69 Å². The van der Waals surface area contributed by atoms with Crippen LogP contribution in [0.5, 0.6) is 5.75 Å². The molecule has 0 spiro atoms. The zero-order chi connectivity index (χ0) is 13.9. The molecular formula is C17H14FNO. The molecule has 0 unspecified atom stereocenters. The van der Waals surface area contributed by atoms with E-state index in [9.17, 15) is 9.50 Å². The van der Waals surface area contributed by atoms with Crippen LogP contribution in [0.25, 0.3) is 10.8 Å². The molecule has 0 aliphatic carbocycles. The largest absolute Gasteiger partial charge is 0.503 e. The predicted molar refractivity (Wildman–Crippen MR) is 79.3 cm³/mol. The van der Waals surface area contributed by atoms with Crippen molar-refractivity contribution < 1.29 is 9.50 Å². The number of rotatable bonds is 3. The van der Waals surface area contributed by atoms with Crippen LogP contribution in [0.2, 0.25) is 0 Å². The zero-order valence-electron chi connectivity index (χ0n) is 10.8. The lowest BCUT2D eigenvalue weighted by Crippen LogP contribution is -2.00. The maximum atomic E-state index is 13.3. The Hall–Kier alpha value is -2.55. The maximum absolute atomic E-state index is 13.3. The number of hydrogen-bond acceptors (Lipinski definition) is 2. The lowest BCUT2D eigenvalue weighted by atomic mass is 10.0. The molecule has 0 heterocycles. The fraction of sp³-hybridized carbons (Fsp3) is 0.0588. The summed E-state index contributed by atoms with van der Waals surface area (Å²) in [7, 11) is 0. The van der Waals surface area contributed by atoms with Gasteiger partial charge in [0.2, 0.25) is 0 Å². The number of benzene rings is 3. The molecule has 2 N–H and O–H groups in total. The third kappa shape index (κ3) is 2.30. The number of anilines is 1. The van der Waals surface area contributed by atoms with Crippen LogP contribution >= 0.6 is 0 Å². The number of phenolic OH excluding ortho intramolecular Hbond substituents is 1. The van der Waals surface area contributed by atoms with E-state index in [1.807, 2.05) is 24.3 Å². The van der Waals surface area contributed by atoms with Gasteiger partial charge >= 0.3 is 0 Å². The Morgan fingerprint density at radius 3 is 2.55 bits per heavy atom. The quantitative estimate of drug-likeness (QED) is 0.693. The lowest BCUT2D eigenvalue weighted by molar-refractivity contribution is 0.434. The molecule has 0 aliphatic heterocycles. The summed E-state index contributed by atoms with van der Waals surface area (Å²) in [5, 5.41) is 15.0. The molecular weight excluding hydrogens is 253 g/mol. The molecule has 2 nitrogen and oxygen atoms in total. The number of nitrogens with one attached hydrogen (secondary N) is 1. The van der Waals surface area contributed by atoms with E-state index in [0.717, 1.165) is 16.3 Å². The highest BCUT2D eigenvalue weighted by Crippen LogP contribution is 2.27. The SMILES string of the molecule is Oc1c(F)cccc1NCc1cccc2ccccc12. The Kier molecular flexibility index (Phi) is 3.25. The molecule has 0 fully saturated rings. The molecule has 0 amide bonds. The number of phenols is 1. The highest BCUT2D eigenvalue weighted by atomic mass is 19.1. The van der Waals surface area contributed by atoms with Crippen molar-refractivity contribution in [3.63, 3.8) is 0 Å². The first-order chi connectivity index (χ1) is 9.75. The van der Waals surface area contributed by atoms with Crippen molar-refractivity contribution in [3.8, 4) is 5.75 Å². The van der Waals surface area contributed by atoms with Crippen LogP contribution in [-0.2, 0) is 6.54 Å². The Bertz CT molecular complexity index is 750. The number of hydrogen-bond donors (Lipinski definition) is 2. The van der Waals surface area contributed by atoms with Crippen LogP contribution in [0.1, 0.15) is 5.56 Å². The molecule has 0 aromatic heterocycles. The summed E-state index contributed by atoms with van der Waals surface area (Å²) in [5.41, 5.74) is 1.50. The van der Waals surface area contributed by atoms with Crippen molar-refractivity contribution in [2.45, 2.75) is 6.54 Å². The summed E-state index contributed by atoms with van der Waals surface area (Å²) >= 11 is 0. The van der Waals surface area contributed by atoms with E-state index in [0.29, 0.717) is 12.2 Å². The van der Waals surface area contributed by atoms with E-state index in [2.05, 4.69) is 23.5 Å². The summed E-state index contributed by atoms with van der Waals surface area (Å²) in [5.74, 6) is -0.958. The van der Waals surface area contributed by atoms with Gasteiger partial charge in [0.15, 0.2) is 11.6 Å². The first kappa shape index (κ1) is 12.5. The lowest BCUT2D eigenvalue weighted by Gasteiger charge is -2.11. The minimum absolute atomic E-state index is 0.340. The summed E-state index contributed by atoms with van der Waals surface area (Å²) in [6.45, 7) is 0.526. The van der Waals surface area contributed by atoms with E-state index in [-0.39, 0.29) is 5.75 Å². The molecule has 3 heteroatoms. The van der Waals surface area contributed by atoms with Gasteiger partial charge in [0.1, 0.15) is 0 Å². The first-order valence-corrected chi connectivity index (χ1v) is 6.44. The van der Waals surface area contributed by atoms with Crippen LogP contribution in [0, 0.1) is 5.82 Å². The van der Waals surface area contributed by atoms with Crippen LogP contribution < -0.4 is 5.32 Å². The molecule has 0 saturated carbocycles. The van der Waals surface area contributed by atoms with Crippen LogP contribution in [0.3, 0.4) is 0 Å². The second kappa shape index (κ2) is 5.21. The molecule has 3 aromatic rings. The van der Waals surface area contributed by atoms with Crippen molar-refractivity contribution in [1.29, 1.82) is 0 Å². The standard InChI is InChI=1S/C17H14FNO/c18-15-9-4-10-16(17(15)20)19-11-13-7-3-6-12-5-1-2-8-14(12)13/h1-10,19-20H,11H2. The molecule has 0 aliphatic rings. The molecule has 100 valence electrons. The van der Waals surface area contributed by atoms with Gasteiger partial charge in [-0.2, -0.15) is 0 Å². The van der Waals surface area contributed by atoms with Gasteiger partial charge in [0.25, 0.3) is 0 Å².